The van der Waals surface area contributed by atoms with Crippen LogP contribution in [0.5, 0.6) is 0 Å². The van der Waals surface area contributed by atoms with E-state index >= 15 is 0 Å². The summed E-state index contributed by atoms with van der Waals surface area (Å²) in [6.45, 7) is 4.39. The number of benzene rings is 2. The molecule has 2 aliphatic heterocycles. The highest BCUT2D eigenvalue weighted by Gasteiger charge is 2.39. The lowest BCUT2D eigenvalue weighted by molar-refractivity contribution is -0.137. The molecule has 1 atom stereocenters. The highest BCUT2D eigenvalue weighted by Crippen LogP contribution is 2.34. The first-order chi connectivity index (χ1) is 16.8. The van der Waals surface area contributed by atoms with E-state index in [1.165, 1.54) is 18.6 Å². The Morgan fingerprint density at radius 2 is 1.63 bits per heavy atom. The normalized spacial score (nSPS) is 21.1. The van der Waals surface area contributed by atoms with Crippen LogP contribution in [0.1, 0.15) is 51.1 Å². The van der Waals surface area contributed by atoms with Crippen LogP contribution in [0.4, 0.5) is 18.9 Å². The van der Waals surface area contributed by atoms with E-state index in [1.54, 1.807) is 12.1 Å². The van der Waals surface area contributed by atoms with Crippen molar-refractivity contribution in [3.8, 4) is 0 Å². The number of allylic oxidation sites excluding steroid dienone is 2. The Labute approximate surface area is 202 Å². The molecule has 1 fully saturated rings. The van der Waals surface area contributed by atoms with Crippen molar-refractivity contribution >= 4 is 17.5 Å². The van der Waals surface area contributed by atoms with Crippen LogP contribution in [0.3, 0.4) is 0 Å². The topological polar surface area (TPSA) is 43.9 Å². The van der Waals surface area contributed by atoms with Crippen LogP contribution in [-0.4, -0.2) is 54.3 Å². The van der Waals surface area contributed by atoms with Gasteiger partial charge < -0.3 is 4.90 Å². The minimum atomic E-state index is -4.43. The Morgan fingerprint density at radius 1 is 0.886 bits per heavy atom. The van der Waals surface area contributed by atoms with Crippen LogP contribution in [0.25, 0.3) is 0 Å². The second kappa shape index (κ2) is 9.49. The molecule has 0 aromatic heterocycles. The van der Waals surface area contributed by atoms with Crippen LogP contribution in [0.2, 0.25) is 0 Å². The Kier molecular flexibility index (Phi) is 6.40. The highest BCUT2D eigenvalue weighted by atomic mass is 19.4. The number of fused-ring (bicyclic) bond motifs is 1. The minimum Gasteiger partial charge on any atom is -0.368 e. The number of hydrogen-bond donors (Lipinski definition) is 0. The fourth-order valence-electron chi connectivity index (χ4n) is 5.26. The molecule has 2 heterocycles. The molecule has 2 amide bonds. The monoisotopic (exact) mass is 483 g/mol. The van der Waals surface area contributed by atoms with E-state index in [1.807, 2.05) is 6.07 Å². The van der Waals surface area contributed by atoms with Crippen molar-refractivity contribution in [2.45, 2.75) is 32.0 Å². The number of amides is 2. The molecular weight excluding hydrogens is 455 g/mol. The predicted molar refractivity (Wildman–Crippen MR) is 127 cm³/mol. The number of anilines is 1. The van der Waals surface area contributed by atoms with Crippen molar-refractivity contribution < 1.29 is 22.8 Å². The summed E-state index contributed by atoms with van der Waals surface area (Å²) in [4.78, 5) is 32.1. The van der Waals surface area contributed by atoms with Gasteiger partial charge in [-0.3, -0.25) is 19.4 Å². The third-order valence-electron chi connectivity index (χ3n) is 7.21. The summed E-state index contributed by atoms with van der Waals surface area (Å²) in [6, 6.07) is 9.90. The van der Waals surface area contributed by atoms with Crippen LogP contribution < -0.4 is 4.90 Å². The molecule has 1 saturated heterocycles. The molecule has 8 heteroatoms. The zero-order valence-electron chi connectivity index (χ0n) is 19.4. The van der Waals surface area contributed by atoms with Crippen molar-refractivity contribution in [1.29, 1.82) is 0 Å². The van der Waals surface area contributed by atoms with Crippen LogP contribution in [0.15, 0.2) is 54.6 Å². The Balaban J connectivity index is 1.28. The fourth-order valence-corrected chi connectivity index (χ4v) is 5.26. The maximum absolute atomic E-state index is 13.3. The molecule has 5 rings (SSSR count). The van der Waals surface area contributed by atoms with Gasteiger partial charge >= 0.3 is 6.18 Å². The zero-order valence-corrected chi connectivity index (χ0v) is 19.4. The van der Waals surface area contributed by atoms with Crippen molar-refractivity contribution in [3.05, 3.63) is 76.9 Å². The quantitative estimate of drug-likeness (QED) is 0.445. The molecule has 1 aliphatic carbocycles. The number of imide groups is 1. The molecule has 1 unspecified atom stereocenters. The fraction of sp³-hybridized carbons (Fsp3) is 0.407. The third-order valence-corrected chi connectivity index (χ3v) is 7.21. The Hall–Kier alpha value is -3.13. The number of piperazine rings is 1. The average molecular weight is 484 g/mol. The van der Waals surface area contributed by atoms with E-state index in [4.69, 9.17) is 0 Å². The van der Waals surface area contributed by atoms with E-state index < -0.39 is 23.6 Å². The first-order valence-corrected chi connectivity index (χ1v) is 12.1. The molecule has 3 aliphatic rings. The molecule has 0 spiro atoms. The van der Waals surface area contributed by atoms with Crippen molar-refractivity contribution in [2.24, 2.45) is 5.92 Å². The largest absolute Gasteiger partial charge is 0.416 e. The van der Waals surface area contributed by atoms with Gasteiger partial charge in [-0.05, 0) is 55.0 Å². The molecule has 2 aromatic rings. The van der Waals surface area contributed by atoms with Gasteiger partial charge in [0.1, 0.15) is 0 Å². The predicted octanol–water partition coefficient (Wildman–Crippen LogP) is 4.98. The highest BCUT2D eigenvalue weighted by molar-refractivity contribution is 6.23. The SMILES string of the molecule is O=C1c2cccc(N3CCN(CC4CC=CCC4)CC3)c2C(=O)N1Cc1ccc(C(F)(F)F)cc1. The lowest BCUT2D eigenvalue weighted by Crippen LogP contribution is -2.48. The lowest BCUT2D eigenvalue weighted by atomic mass is 9.94. The van der Waals surface area contributed by atoms with Gasteiger partial charge in [0, 0.05) is 32.7 Å². The van der Waals surface area contributed by atoms with E-state index in [9.17, 15) is 22.8 Å². The number of alkyl halides is 3. The standard InChI is InChI=1S/C27H28F3N3O2/c28-27(29,30)21-11-9-20(10-12-21)18-33-25(34)22-7-4-8-23(24(22)26(33)35)32-15-13-31(14-16-32)17-19-5-2-1-3-6-19/h1-2,4,7-12,19H,3,5-6,13-18H2. The first-order valence-electron chi connectivity index (χ1n) is 12.1. The summed E-state index contributed by atoms with van der Waals surface area (Å²) in [5.41, 5.74) is 1.23. The van der Waals surface area contributed by atoms with Crippen molar-refractivity contribution in [2.75, 3.05) is 37.6 Å². The number of rotatable bonds is 5. The molecular formula is C27H28F3N3O2. The zero-order chi connectivity index (χ0) is 24.6. The number of hydrogen-bond acceptors (Lipinski definition) is 4. The second-order valence-corrected chi connectivity index (χ2v) is 9.53. The molecule has 184 valence electrons. The molecule has 0 N–H and O–H groups in total. The average Bonchev–Trinajstić information content (AvgIpc) is 3.10. The second-order valence-electron chi connectivity index (χ2n) is 9.53. The number of halogens is 3. The molecule has 0 bridgehead atoms. The first kappa shape index (κ1) is 23.6. The lowest BCUT2D eigenvalue weighted by Gasteiger charge is -2.38. The van der Waals surface area contributed by atoms with Crippen LogP contribution in [-0.2, 0) is 12.7 Å². The molecule has 0 radical (unpaired) electrons. The smallest absolute Gasteiger partial charge is 0.368 e. The summed E-state index contributed by atoms with van der Waals surface area (Å²) >= 11 is 0. The van der Waals surface area contributed by atoms with E-state index in [-0.39, 0.29) is 6.54 Å². The number of nitrogens with zero attached hydrogens (tertiary/aromatic N) is 3. The summed E-state index contributed by atoms with van der Waals surface area (Å²) in [5, 5.41) is 0. The van der Waals surface area contributed by atoms with Gasteiger partial charge in [-0.15, -0.1) is 0 Å². The van der Waals surface area contributed by atoms with Gasteiger partial charge in [-0.1, -0.05) is 30.4 Å². The number of carbonyl (C=O) groups excluding carboxylic acids is 2. The van der Waals surface area contributed by atoms with E-state index in [0.29, 0.717) is 22.6 Å². The maximum Gasteiger partial charge on any atom is 0.416 e. The Morgan fingerprint density at radius 3 is 2.29 bits per heavy atom. The summed E-state index contributed by atoms with van der Waals surface area (Å²) < 4.78 is 38.6. The van der Waals surface area contributed by atoms with Gasteiger partial charge in [0.25, 0.3) is 11.8 Å². The van der Waals surface area contributed by atoms with E-state index in [2.05, 4.69) is 22.0 Å². The van der Waals surface area contributed by atoms with Crippen LogP contribution >= 0.6 is 0 Å². The summed E-state index contributed by atoms with van der Waals surface area (Å²) in [6.07, 6.45) is 3.62. The summed E-state index contributed by atoms with van der Waals surface area (Å²) in [7, 11) is 0. The third kappa shape index (κ3) is 4.85. The molecule has 35 heavy (non-hydrogen) atoms. The van der Waals surface area contributed by atoms with Gasteiger partial charge in [0.15, 0.2) is 0 Å². The maximum atomic E-state index is 13.3. The molecule has 0 saturated carbocycles. The van der Waals surface area contributed by atoms with Crippen molar-refractivity contribution in [3.63, 3.8) is 0 Å². The number of carbonyl (C=O) groups is 2. The van der Waals surface area contributed by atoms with E-state index in [0.717, 1.165) is 68.3 Å². The minimum absolute atomic E-state index is 0.0620. The van der Waals surface area contributed by atoms with Crippen LogP contribution in [0, 0.1) is 5.92 Å². The van der Waals surface area contributed by atoms with Gasteiger partial charge in [0.05, 0.1) is 28.9 Å². The van der Waals surface area contributed by atoms with Gasteiger partial charge in [-0.2, -0.15) is 13.2 Å². The van der Waals surface area contributed by atoms with Gasteiger partial charge in [-0.25, -0.2) is 0 Å². The van der Waals surface area contributed by atoms with Crippen molar-refractivity contribution in [1.82, 2.24) is 9.80 Å². The van der Waals surface area contributed by atoms with Gasteiger partial charge in [0.2, 0.25) is 0 Å². The molecule has 2 aromatic carbocycles. The Bertz CT molecular complexity index is 1140. The molecule has 5 nitrogen and oxygen atoms in total. The summed E-state index contributed by atoms with van der Waals surface area (Å²) in [5.74, 6) is -0.0989.